The highest BCUT2D eigenvalue weighted by Crippen LogP contribution is 2.28. The molecule has 0 amide bonds. The van der Waals surface area contributed by atoms with E-state index >= 15 is 0 Å². The number of ether oxygens (including phenoxy) is 2. The number of halogens is 1. The first-order valence-electron chi connectivity index (χ1n) is 7.12. The van der Waals surface area contributed by atoms with E-state index in [0.29, 0.717) is 17.3 Å². The number of hydrogen-bond acceptors (Lipinski definition) is 3. The van der Waals surface area contributed by atoms with Crippen LogP contribution in [0, 0.1) is 0 Å². The van der Waals surface area contributed by atoms with E-state index < -0.39 is 0 Å². The van der Waals surface area contributed by atoms with Crippen molar-refractivity contribution < 1.29 is 9.47 Å². The first-order chi connectivity index (χ1) is 10.2. The van der Waals surface area contributed by atoms with Gasteiger partial charge in [-0.05, 0) is 61.3 Å². The molecule has 0 aliphatic rings. The van der Waals surface area contributed by atoms with Crippen LogP contribution in [0.2, 0.25) is 5.02 Å². The summed E-state index contributed by atoms with van der Waals surface area (Å²) in [5.41, 5.74) is 6.57. The van der Waals surface area contributed by atoms with Gasteiger partial charge in [0.2, 0.25) is 0 Å². The van der Waals surface area contributed by atoms with Gasteiger partial charge in [0.15, 0.2) is 0 Å². The average molecular weight is 306 g/mol. The van der Waals surface area contributed by atoms with Crippen molar-refractivity contribution in [3.05, 3.63) is 53.1 Å². The molecule has 112 valence electrons. The molecule has 2 rings (SSSR count). The van der Waals surface area contributed by atoms with Crippen molar-refractivity contribution in [3.63, 3.8) is 0 Å². The van der Waals surface area contributed by atoms with Crippen LogP contribution in [0.15, 0.2) is 42.5 Å². The summed E-state index contributed by atoms with van der Waals surface area (Å²) in [5.74, 6) is 2.31. The van der Waals surface area contributed by atoms with Crippen molar-refractivity contribution in [1.29, 1.82) is 0 Å². The average Bonchev–Trinajstić information content (AvgIpc) is 2.49. The van der Waals surface area contributed by atoms with Gasteiger partial charge in [0.05, 0.1) is 6.61 Å². The molecule has 0 fully saturated rings. The summed E-state index contributed by atoms with van der Waals surface area (Å²) in [6.07, 6.45) is 1.76. The highest BCUT2D eigenvalue weighted by atomic mass is 35.5. The molecule has 0 atom stereocenters. The van der Waals surface area contributed by atoms with E-state index in [1.54, 1.807) is 0 Å². The molecule has 0 bridgehead atoms. The Labute approximate surface area is 130 Å². The molecule has 0 saturated carbocycles. The van der Waals surface area contributed by atoms with E-state index in [1.807, 2.05) is 42.5 Å². The van der Waals surface area contributed by atoms with E-state index in [-0.39, 0.29) is 0 Å². The van der Waals surface area contributed by atoms with E-state index in [1.165, 1.54) is 0 Å². The third kappa shape index (κ3) is 4.66. The highest BCUT2D eigenvalue weighted by molar-refractivity contribution is 6.31. The fourth-order valence-electron chi connectivity index (χ4n) is 1.91. The molecule has 0 unspecified atom stereocenters. The molecule has 2 N–H and O–H groups in total. The van der Waals surface area contributed by atoms with Gasteiger partial charge in [0.25, 0.3) is 0 Å². The van der Waals surface area contributed by atoms with Crippen LogP contribution >= 0.6 is 11.6 Å². The summed E-state index contributed by atoms with van der Waals surface area (Å²) in [7, 11) is 0. The van der Waals surface area contributed by atoms with E-state index in [9.17, 15) is 0 Å². The van der Waals surface area contributed by atoms with Crippen molar-refractivity contribution >= 4 is 11.6 Å². The van der Waals surface area contributed by atoms with E-state index in [0.717, 1.165) is 36.5 Å². The van der Waals surface area contributed by atoms with Gasteiger partial charge in [-0.25, -0.2) is 0 Å². The Morgan fingerprint density at radius 1 is 1.00 bits per heavy atom. The third-order valence-corrected chi connectivity index (χ3v) is 3.32. The molecule has 2 aromatic carbocycles. The van der Waals surface area contributed by atoms with Crippen LogP contribution in [0.25, 0.3) is 0 Å². The second-order valence-corrected chi connectivity index (χ2v) is 5.12. The summed E-state index contributed by atoms with van der Waals surface area (Å²) in [6, 6.07) is 13.2. The maximum absolute atomic E-state index is 6.20. The predicted molar refractivity (Wildman–Crippen MR) is 86.5 cm³/mol. The molecule has 3 nitrogen and oxygen atoms in total. The number of benzene rings is 2. The van der Waals surface area contributed by atoms with Gasteiger partial charge in [-0.3, -0.25) is 0 Å². The van der Waals surface area contributed by atoms with Crippen LogP contribution in [0.3, 0.4) is 0 Å². The summed E-state index contributed by atoms with van der Waals surface area (Å²) >= 11 is 6.20. The first kappa shape index (κ1) is 15.7. The lowest BCUT2D eigenvalue weighted by atomic mass is 10.1. The minimum absolute atomic E-state index is 0.582. The lowest BCUT2D eigenvalue weighted by Crippen LogP contribution is -2.03. The standard InChI is InChI=1S/C17H20ClNO2/c1-2-11-20-14-5-7-15(8-6-14)21-16-4-3-13(9-10-19)17(18)12-16/h3-8,12H,2,9-11,19H2,1H3. The molecule has 0 aliphatic carbocycles. The zero-order valence-corrected chi connectivity index (χ0v) is 12.9. The lowest BCUT2D eigenvalue weighted by molar-refractivity contribution is 0.317. The van der Waals surface area contributed by atoms with Crippen molar-refractivity contribution in [2.24, 2.45) is 5.73 Å². The largest absolute Gasteiger partial charge is 0.494 e. The van der Waals surface area contributed by atoms with Crippen molar-refractivity contribution in [1.82, 2.24) is 0 Å². The molecule has 2 aromatic rings. The minimum atomic E-state index is 0.582. The second kappa shape index (κ2) is 7.91. The predicted octanol–water partition coefficient (Wildman–Crippen LogP) is 4.42. The van der Waals surface area contributed by atoms with Gasteiger partial charge in [-0.15, -0.1) is 0 Å². The smallest absolute Gasteiger partial charge is 0.128 e. The summed E-state index contributed by atoms with van der Waals surface area (Å²) in [5, 5.41) is 0.681. The van der Waals surface area contributed by atoms with Crippen LogP contribution in [0.4, 0.5) is 0 Å². The summed E-state index contributed by atoms with van der Waals surface area (Å²) in [6.45, 7) is 3.38. The Bertz CT molecular complexity index is 570. The van der Waals surface area contributed by atoms with Crippen LogP contribution in [0.1, 0.15) is 18.9 Å². The molecule has 21 heavy (non-hydrogen) atoms. The van der Waals surface area contributed by atoms with Gasteiger partial charge < -0.3 is 15.2 Å². The Morgan fingerprint density at radius 3 is 2.29 bits per heavy atom. The molecule has 0 spiro atoms. The third-order valence-electron chi connectivity index (χ3n) is 2.97. The second-order valence-electron chi connectivity index (χ2n) is 4.71. The normalized spacial score (nSPS) is 10.4. The maximum Gasteiger partial charge on any atom is 0.128 e. The van der Waals surface area contributed by atoms with Crippen molar-refractivity contribution in [2.45, 2.75) is 19.8 Å². The van der Waals surface area contributed by atoms with E-state index in [2.05, 4.69) is 6.92 Å². The highest BCUT2D eigenvalue weighted by Gasteiger charge is 2.04. The Balaban J connectivity index is 2.02. The topological polar surface area (TPSA) is 44.5 Å². The van der Waals surface area contributed by atoms with Gasteiger partial charge in [0.1, 0.15) is 17.2 Å². The molecular weight excluding hydrogens is 286 g/mol. The van der Waals surface area contributed by atoms with Crippen LogP contribution in [-0.2, 0) is 6.42 Å². The molecule has 0 radical (unpaired) electrons. The zero-order chi connectivity index (χ0) is 15.1. The van der Waals surface area contributed by atoms with Gasteiger partial charge in [0, 0.05) is 5.02 Å². The molecule has 0 saturated heterocycles. The van der Waals surface area contributed by atoms with E-state index in [4.69, 9.17) is 26.8 Å². The lowest BCUT2D eigenvalue weighted by Gasteiger charge is -2.09. The summed E-state index contributed by atoms with van der Waals surface area (Å²) in [4.78, 5) is 0. The number of nitrogens with two attached hydrogens (primary N) is 1. The van der Waals surface area contributed by atoms with Crippen LogP contribution in [-0.4, -0.2) is 13.2 Å². The Kier molecular flexibility index (Phi) is 5.90. The fourth-order valence-corrected chi connectivity index (χ4v) is 2.17. The Morgan fingerprint density at radius 2 is 1.67 bits per heavy atom. The van der Waals surface area contributed by atoms with Crippen LogP contribution < -0.4 is 15.2 Å². The number of rotatable bonds is 7. The molecule has 4 heteroatoms. The van der Waals surface area contributed by atoms with Crippen molar-refractivity contribution in [3.8, 4) is 17.2 Å². The Hall–Kier alpha value is -1.71. The van der Waals surface area contributed by atoms with Crippen molar-refractivity contribution in [2.75, 3.05) is 13.2 Å². The maximum atomic E-state index is 6.20. The van der Waals surface area contributed by atoms with Gasteiger partial charge >= 0.3 is 0 Å². The quantitative estimate of drug-likeness (QED) is 0.823. The first-order valence-corrected chi connectivity index (χ1v) is 7.50. The summed E-state index contributed by atoms with van der Waals surface area (Å²) < 4.78 is 11.3. The minimum Gasteiger partial charge on any atom is -0.494 e. The molecule has 0 heterocycles. The van der Waals surface area contributed by atoms with Gasteiger partial charge in [-0.1, -0.05) is 24.6 Å². The number of hydrogen-bond donors (Lipinski definition) is 1. The zero-order valence-electron chi connectivity index (χ0n) is 12.1. The monoisotopic (exact) mass is 305 g/mol. The molecule has 0 aromatic heterocycles. The SMILES string of the molecule is CCCOc1ccc(Oc2ccc(CCN)c(Cl)c2)cc1. The molecule has 0 aliphatic heterocycles. The van der Waals surface area contributed by atoms with Crippen LogP contribution in [0.5, 0.6) is 17.2 Å². The fraction of sp³-hybridized carbons (Fsp3) is 0.294. The molecular formula is C17H20ClNO2. The van der Waals surface area contributed by atoms with Gasteiger partial charge in [-0.2, -0.15) is 0 Å².